The van der Waals surface area contributed by atoms with E-state index in [1.807, 2.05) is 0 Å². The van der Waals surface area contributed by atoms with Gasteiger partial charge in [0.2, 0.25) is 0 Å². The minimum atomic E-state index is -0.670. The number of methoxy groups -OCH3 is 2. The molecule has 6 heteroatoms. The summed E-state index contributed by atoms with van der Waals surface area (Å²) in [7, 11) is 2.57. The van der Waals surface area contributed by atoms with Crippen molar-refractivity contribution >= 4 is 40.2 Å². The fourth-order valence-electron chi connectivity index (χ4n) is 1.49. The van der Waals surface area contributed by atoms with Crippen molar-refractivity contribution in [1.82, 2.24) is 0 Å². The van der Waals surface area contributed by atoms with Crippen molar-refractivity contribution in [2.45, 2.75) is 12.3 Å². The summed E-state index contributed by atoms with van der Waals surface area (Å²) in [6.45, 7) is 0. The molecule has 1 aromatic carbocycles. The Bertz CT molecular complexity index is 461. The summed E-state index contributed by atoms with van der Waals surface area (Å²) >= 11 is 2.07. The highest BCUT2D eigenvalue weighted by Gasteiger charge is 2.25. The highest BCUT2D eigenvalue weighted by atomic mass is 127. The second-order valence-electron chi connectivity index (χ2n) is 3.64. The first kappa shape index (κ1) is 14.7. The van der Waals surface area contributed by atoms with E-state index in [0.717, 1.165) is 3.57 Å². The number of ether oxygens (including phenoxy) is 2. The zero-order valence-corrected chi connectivity index (χ0v) is 12.3. The Morgan fingerprint density at radius 3 is 2.50 bits per heavy atom. The average molecular weight is 363 g/mol. The molecule has 0 bridgehead atoms. The zero-order valence-electron chi connectivity index (χ0n) is 10.1. The SMILES string of the molecule is COC(=O)CC(C(=O)OC)c1ccc(N)c(I)c1. The highest BCUT2D eigenvalue weighted by molar-refractivity contribution is 14.1. The summed E-state index contributed by atoms with van der Waals surface area (Å²) < 4.78 is 10.1. The Hall–Kier alpha value is -1.31. The molecule has 0 fully saturated rings. The van der Waals surface area contributed by atoms with Crippen molar-refractivity contribution in [3.63, 3.8) is 0 Å². The van der Waals surface area contributed by atoms with E-state index in [-0.39, 0.29) is 6.42 Å². The van der Waals surface area contributed by atoms with Crippen molar-refractivity contribution in [2.24, 2.45) is 0 Å². The molecule has 0 amide bonds. The molecule has 18 heavy (non-hydrogen) atoms. The van der Waals surface area contributed by atoms with Crippen molar-refractivity contribution < 1.29 is 19.1 Å². The van der Waals surface area contributed by atoms with Gasteiger partial charge in [0.25, 0.3) is 0 Å². The Morgan fingerprint density at radius 2 is 2.00 bits per heavy atom. The number of anilines is 1. The van der Waals surface area contributed by atoms with E-state index in [1.54, 1.807) is 18.2 Å². The Labute approximate surface area is 119 Å². The second-order valence-corrected chi connectivity index (χ2v) is 4.80. The maximum absolute atomic E-state index is 11.7. The molecule has 1 aromatic rings. The van der Waals surface area contributed by atoms with Gasteiger partial charge in [-0.25, -0.2) is 0 Å². The predicted octanol–water partition coefficient (Wildman–Crippen LogP) is 1.69. The molecule has 0 saturated carbocycles. The van der Waals surface area contributed by atoms with E-state index in [2.05, 4.69) is 27.3 Å². The number of carbonyl (C=O) groups excluding carboxylic acids is 2. The number of nitrogens with two attached hydrogens (primary N) is 1. The van der Waals surface area contributed by atoms with Crippen LogP contribution in [-0.4, -0.2) is 26.2 Å². The van der Waals surface area contributed by atoms with Gasteiger partial charge < -0.3 is 15.2 Å². The minimum absolute atomic E-state index is 0.0524. The molecule has 1 rings (SSSR count). The number of esters is 2. The second kappa shape index (κ2) is 6.58. The number of hydrogen-bond acceptors (Lipinski definition) is 5. The predicted molar refractivity (Wildman–Crippen MR) is 75.0 cm³/mol. The summed E-state index contributed by atoms with van der Waals surface area (Å²) in [5.74, 6) is -1.60. The molecule has 0 spiro atoms. The standard InChI is InChI=1S/C12H14INO4/c1-17-11(15)6-8(12(16)18-2)7-3-4-10(14)9(13)5-7/h3-5,8H,6,14H2,1-2H3. The van der Waals surface area contributed by atoms with Crippen LogP contribution in [0.5, 0.6) is 0 Å². The molecule has 2 N–H and O–H groups in total. The lowest BCUT2D eigenvalue weighted by molar-refractivity contribution is -0.149. The van der Waals surface area contributed by atoms with Gasteiger partial charge in [0.05, 0.1) is 26.6 Å². The van der Waals surface area contributed by atoms with Gasteiger partial charge in [0, 0.05) is 9.26 Å². The molecule has 0 aliphatic carbocycles. The Morgan fingerprint density at radius 1 is 1.33 bits per heavy atom. The van der Waals surface area contributed by atoms with Crippen LogP contribution in [0.1, 0.15) is 17.9 Å². The number of benzene rings is 1. The summed E-state index contributed by atoms with van der Waals surface area (Å²) in [5.41, 5.74) is 7.02. The van der Waals surface area contributed by atoms with E-state index in [4.69, 9.17) is 10.5 Å². The van der Waals surface area contributed by atoms with Crippen LogP contribution in [0.15, 0.2) is 18.2 Å². The Balaban J connectivity index is 3.05. The molecule has 0 aliphatic rings. The van der Waals surface area contributed by atoms with Crippen LogP contribution in [-0.2, 0) is 19.1 Å². The molecule has 0 aromatic heterocycles. The van der Waals surface area contributed by atoms with Gasteiger partial charge in [-0.2, -0.15) is 0 Å². The fraction of sp³-hybridized carbons (Fsp3) is 0.333. The average Bonchev–Trinajstić information content (AvgIpc) is 2.38. The monoisotopic (exact) mass is 363 g/mol. The molecule has 0 radical (unpaired) electrons. The summed E-state index contributed by atoms with van der Waals surface area (Å²) in [5, 5.41) is 0. The molecular formula is C12H14INO4. The molecule has 0 heterocycles. The van der Waals surface area contributed by atoms with Crippen LogP contribution >= 0.6 is 22.6 Å². The third kappa shape index (κ3) is 3.59. The van der Waals surface area contributed by atoms with Gasteiger partial charge >= 0.3 is 11.9 Å². The van der Waals surface area contributed by atoms with E-state index in [1.165, 1.54) is 14.2 Å². The first-order chi connectivity index (χ1) is 8.49. The third-order valence-corrected chi connectivity index (χ3v) is 3.45. The lowest BCUT2D eigenvalue weighted by atomic mass is 9.95. The first-order valence-corrected chi connectivity index (χ1v) is 6.27. The quantitative estimate of drug-likeness (QED) is 0.501. The van der Waals surface area contributed by atoms with E-state index in [0.29, 0.717) is 11.3 Å². The Kier molecular flexibility index (Phi) is 5.39. The normalized spacial score (nSPS) is 11.7. The van der Waals surface area contributed by atoms with Gasteiger partial charge in [-0.05, 0) is 40.3 Å². The van der Waals surface area contributed by atoms with Gasteiger partial charge in [-0.1, -0.05) is 6.07 Å². The van der Waals surface area contributed by atoms with Gasteiger partial charge in [-0.15, -0.1) is 0 Å². The summed E-state index contributed by atoms with van der Waals surface area (Å²) in [6, 6.07) is 5.17. The molecule has 98 valence electrons. The van der Waals surface area contributed by atoms with Crippen molar-refractivity contribution in [3.8, 4) is 0 Å². The van der Waals surface area contributed by atoms with Gasteiger partial charge in [0.15, 0.2) is 0 Å². The van der Waals surface area contributed by atoms with Crippen LogP contribution in [0.4, 0.5) is 5.69 Å². The van der Waals surface area contributed by atoms with E-state index >= 15 is 0 Å². The highest BCUT2D eigenvalue weighted by Crippen LogP contribution is 2.26. The lowest BCUT2D eigenvalue weighted by Crippen LogP contribution is -2.19. The maximum atomic E-state index is 11.7. The van der Waals surface area contributed by atoms with Crippen LogP contribution in [0, 0.1) is 3.57 Å². The molecule has 0 saturated heterocycles. The largest absolute Gasteiger partial charge is 0.469 e. The minimum Gasteiger partial charge on any atom is -0.469 e. The van der Waals surface area contributed by atoms with Crippen LogP contribution in [0.3, 0.4) is 0 Å². The molecule has 5 nitrogen and oxygen atoms in total. The van der Waals surface area contributed by atoms with Crippen molar-refractivity contribution in [2.75, 3.05) is 20.0 Å². The zero-order chi connectivity index (χ0) is 13.7. The fourth-order valence-corrected chi connectivity index (χ4v) is 2.03. The van der Waals surface area contributed by atoms with Gasteiger partial charge in [0.1, 0.15) is 0 Å². The van der Waals surface area contributed by atoms with Crippen molar-refractivity contribution in [1.29, 1.82) is 0 Å². The van der Waals surface area contributed by atoms with E-state index in [9.17, 15) is 9.59 Å². The molecule has 0 aliphatic heterocycles. The maximum Gasteiger partial charge on any atom is 0.313 e. The van der Waals surface area contributed by atoms with Crippen LogP contribution < -0.4 is 5.73 Å². The summed E-state index contributed by atoms with van der Waals surface area (Å²) in [4.78, 5) is 23.0. The first-order valence-electron chi connectivity index (χ1n) is 5.19. The summed E-state index contributed by atoms with van der Waals surface area (Å²) in [6.07, 6.45) is -0.0524. The number of rotatable bonds is 4. The smallest absolute Gasteiger partial charge is 0.313 e. The van der Waals surface area contributed by atoms with Gasteiger partial charge in [-0.3, -0.25) is 9.59 Å². The van der Waals surface area contributed by atoms with Crippen LogP contribution in [0.2, 0.25) is 0 Å². The van der Waals surface area contributed by atoms with Crippen LogP contribution in [0.25, 0.3) is 0 Å². The van der Waals surface area contributed by atoms with E-state index < -0.39 is 17.9 Å². The number of hydrogen-bond donors (Lipinski definition) is 1. The van der Waals surface area contributed by atoms with Crippen molar-refractivity contribution in [3.05, 3.63) is 27.3 Å². The number of nitrogen functional groups attached to an aromatic ring is 1. The number of halogens is 1. The molecule has 1 unspecified atom stereocenters. The molecular weight excluding hydrogens is 349 g/mol. The number of carbonyl (C=O) groups is 2. The topological polar surface area (TPSA) is 78.6 Å². The lowest BCUT2D eigenvalue weighted by Gasteiger charge is -2.14. The molecule has 1 atom stereocenters. The third-order valence-electron chi connectivity index (χ3n) is 2.51.